The largest absolute Gasteiger partial charge is 0.387 e. The summed E-state index contributed by atoms with van der Waals surface area (Å²) in [6.07, 6.45) is 0.704. The summed E-state index contributed by atoms with van der Waals surface area (Å²) in [5.41, 5.74) is 5.69. The molecule has 0 radical (unpaired) electrons. The van der Waals surface area contributed by atoms with Crippen molar-refractivity contribution in [1.29, 1.82) is 0 Å². The minimum atomic E-state index is -0.354. The highest BCUT2D eigenvalue weighted by Crippen LogP contribution is 2.59. The van der Waals surface area contributed by atoms with Crippen molar-refractivity contribution in [3.63, 3.8) is 0 Å². The predicted octanol–water partition coefficient (Wildman–Crippen LogP) is 1.77. The summed E-state index contributed by atoms with van der Waals surface area (Å²) in [6.45, 7) is 2.75. The van der Waals surface area contributed by atoms with Gasteiger partial charge < -0.3 is 10.8 Å². The van der Waals surface area contributed by atoms with E-state index in [1.54, 1.807) is 11.3 Å². The summed E-state index contributed by atoms with van der Waals surface area (Å²) < 4.78 is 0. The number of hydrogen-bond donors (Lipinski definition) is 2. The molecule has 0 unspecified atom stereocenters. The lowest BCUT2D eigenvalue weighted by molar-refractivity contribution is 0.0922. The van der Waals surface area contributed by atoms with Crippen molar-refractivity contribution in [3.8, 4) is 0 Å². The Morgan fingerprint density at radius 3 is 2.92 bits per heavy atom. The van der Waals surface area contributed by atoms with E-state index in [0.717, 1.165) is 11.3 Å². The minimum absolute atomic E-state index is 0.0230. The summed E-state index contributed by atoms with van der Waals surface area (Å²) in [5, 5.41) is 12.1. The first-order valence-corrected chi connectivity index (χ1v) is 5.50. The van der Waals surface area contributed by atoms with Crippen LogP contribution in [0.25, 0.3) is 0 Å². The maximum atomic E-state index is 10.1. The van der Waals surface area contributed by atoms with Crippen LogP contribution in [0.3, 0.4) is 0 Å². The molecule has 13 heavy (non-hydrogen) atoms. The van der Waals surface area contributed by atoms with E-state index >= 15 is 0 Å². The van der Waals surface area contributed by atoms with Gasteiger partial charge in [-0.05, 0) is 23.8 Å². The molecule has 2 nitrogen and oxygen atoms in total. The molecule has 3 heteroatoms. The maximum Gasteiger partial charge on any atom is 0.0952 e. The first kappa shape index (κ1) is 9.19. The van der Waals surface area contributed by atoms with Gasteiger partial charge in [-0.15, -0.1) is 11.3 Å². The summed E-state index contributed by atoms with van der Waals surface area (Å²) in [5.74, 6) is 0.564. The minimum Gasteiger partial charge on any atom is -0.387 e. The van der Waals surface area contributed by atoms with Gasteiger partial charge in [-0.2, -0.15) is 0 Å². The second-order valence-corrected chi connectivity index (χ2v) is 4.94. The van der Waals surface area contributed by atoms with Crippen LogP contribution >= 0.6 is 11.3 Å². The van der Waals surface area contributed by atoms with Gasteiger partial charge >= 0.3 is 0 Å². The molecule has 1 fully saturated rings. The molecule has 1 aromatic rings. The number of aliphatic hydroxyl groups is 1. The quantitative estimate of drug-likeness (QED) is 0.775. The lowest BCUT2D eigenvalue weighted by atomic mass is 9.95. The normalized spacial score (nSPS) is 34.5. The highest BCUT2D eigenvalue weighted by atomic mass is 32.1. The molecule has 0 amide bonds. The van der Waals surface area contributed by atoms with Crippen LogP contribution in [0.2, 0.25) is 0 Å². The van der Waals surface area contributed by atoms with Gasteiger partial charge in [0, 0.05) is 16.8 Å². The zero-order valence-corrected chi connectivity index (χ0v) is 8.55. The molecule has 72 valence electrons. The highest BCUT2D eigenvalue weighted by Gasteiger charge is 2.55. The number of rotatable bonds is 3. The third-order valence-electron chi connectivity index (χ3n) is 3.24. The molecule has 3 N–H and O–H groups in total. The lowest BCUT2D eigenvalue weighted by Crippen LogP contribution is -2.24. The maximum absolute atomic E-state index is 10.1. The molecule has 1 heterocycles. The Labute approximate surface area is 82.4 Å². The Morgan fingerprint density at radius 1 is 1.85 bits per heavy atom. The third kappa shape index (κ3) is 1.31. The first-order valence-electron chi connectivity index (χ1n) is 4.62. The molecule has 0 saturated heterocycles. The van der Waals surface area contributed by atoms with E-state index in [1.807, 2.05) is 17.5 Å². The van der Waals surface area contributed by atoms with Crippen molar-refractivity contribution in [3.05, 3.63) is 22.4 Å². The summed E-state index contributed by atoms with van der Waals surface area (Å²) in [6, 6.07) is 3.96. The molecular weight excluding hydrogens is 182 g/mol. The average Bonchev–Trinajstić information content (AvgIpc) is 2.62. The molecule has 0 spiro atoms. The number of nitrogens with two attached hydrogens (primary N) is 1. The smallest absolute Gasteiger partial charge is 0.0952 e. The first-order chi connectivity index (χ1) is 6.20. The van der Waals surface area contributed by atoms with Gasteiger partial charge in [-0.1, -0.05) is 13.0 Å². The van der Waals surface area contributed by atoms with Gasteiger partial charge in [-0.3, -0.25) is 0 Å². The Bertz CT molecular complexity index is 281. The zero-order valence-electron chi connectivity index (χ0n) is 7.73. The fourth-order valence-corrected chi connectivity index (χ4v) is 2.85. The number of thiophene rings is 1. The van der Waals surface area contributed by atoms with E-state index in [2.05, 4.69) is 6.92 Å². The van der Waals surface area contributed by atoms with E-state index in [-0.39, 0.29) is 11.5 Å². The van der Waals surface area contributed by atoms with Gasteiger partial charge in [0.1, 0.15) is 0 Å². The predicted molar refractivity (Wildman–Crippen MR) is 54.5 cm³/mol. The van der Waals surface area contributed by atoms with Crippen molar-refractivity contribution >= 4 is 11.3 Å². The van der Waals surface area contributed by atoms with Crippen molar-refractivity contribution in [2.45, 2.75) is 19.4 Å². The SMILES string of the molecule is C[C@@H]1C[C@]1(CN)[C@@H](O)c1cccs1. The Kier molecular flexibility index (Phi) is 2.18. The fourth-order valence-electron chi connectivity index (χ4n) is 2.02. The van der Waals surface area contributed by atoms with Gasteiger partial charge in [-0.25, -0.2) is 0 Å². The number of hydrogen-bond acceptors (Lipinski definition) is 3. The lowest BCUT2D eigenvalue weighted by Gasteiger charge is -2.20. The Hall–Kier alpha value is -0.380. The molecular formula is C10H15NOS. The van der Waals surface area contributed by atoms with E-state index < -0.39 is 0 Å². The molecule has 0 bridgehead atoms. The van der Waals surface area contributed by atoms with E-state index in [9.17, 15) is 5.11 Å². The average molecular weight is 197 g/mol. The van der Waals surface area contributed by atoms with E-state index in [1.165, 1.54) is 0 Å². The number of aliphatic hydroxyl groups excluding tert-OH is 1. The van der Waals surface area contributed by atoms with Gasteiger partial charge in [0.25, 0.3) is 0 Å². The van der Waals surface area contributed by atoms with Crippen LogP contribution in [0.5, 0.6) is 0 Å². The molecule has 1 aliphatic rings. The van der Waals surface area contributed by atoms with Crippen molar-refractivity contribution in [1.82, 2.24) is 0 Å². The van der Waals surface area contributed by atoms with Crippen molar-refractivity contribution in [2.24, 2.45) is 17.1 Å². The molecule has 0 aromatic carbocycles. The fraction of sp³-hybridized carbons (Fsp3) is 0.600. The summed E-state index contributed by atoms with van der Waals surface area (Å²) in [4.78, 5) is 1.05. The molecule has 3 atom stereocenters. The summed E-state index contributed by atoms with van der Waals surface area (Å²) >= 11 is 1.61. The van der Waals surface area contributed by atoms with E-state index in [0.29, 0.717) is 12.5 Å². The van der Waals surface area contributed by atoms with Crippen LogP contribution in [0.1, 0.15) is 24.3 Å². The molecule has 0 aliphatic heterocycles. The van der Waals surface area contributed by atoms with Crippen LogP contribution in [0.4, 0.5) is 0 Å². The molecule has 1 saturated carbocycles. The van der Waals surface area contributed by atoms with Gasteiger partial charge in [0.2, 0.25) is 0 Å². The van der Waals surface area contributed by atoms with Gasteiger partial charge in [0.15, 0.2) is 0 Å². The highest BCUT2D eigenvalue weighted by molar-refractivity contribution is 7.10. The second kappa shape index (κ2) is 3.08. The van der Waals surface area contributed by atoms with Crippen LogP contribution < -0.4 is 5.73 Å². The monoisotopic (exact) mass is 197 g/mol. The van der Waals surface area contributed by atoms with Crippen LogP contribution in [-0.2, 0) is 0 Å². The Balaban J connectivity index is 2.18. The molecule has 1 aromatic heterocycles. The summed E-state index contributed by atoms with van der Waals surface area (Å²) in [7, 11) is 0. The van der Waals surface area contributed by atoms with Crippen molar-refractivity contribution < 1.29 is 5.11 Å². The van der Waals surface area contributed by atoms with Crippen LogP contribution in [-0.4, -0.2) is 11.7 Å². The topological polar surface area (TPSA) is 46.2 Å². The van der Waals surface area contributed by atoms with Gasteiger partial charge in [0.05, 0.1) is 6.10 Å². The van der Waals surface area contributed by atoms with E-state index in [4.69, 9.17) is 5.73 Å². The van der Waals surface area contributed by atoms with Crippen LogP contribution in [0, 0.1) is 11.3 Å². The zero-order chi connectivity index (χ0) is 9.47. The molecule has 2 rings (SSSR count). The second-order valence-electron chi connectivity index (χ2n) is 3.96. The van der Waals surface area contributed by atoms with Crippen molar-refractivity contribution in [2.75, 3.05) is 6.54 Å². The Morgan fingerprint density at radius 2 is 2.54 bits per heavy atom. The third-order valence-corrected chi connectivity index (χ3v) is 4.17. The van der Waals surface area contributed by atoms with Crippen LogP contribution in [0.15, 0.2) is 17.5 Å². The standard InChI is InChI=1S/C10H15NOS/c1-7-5-10(7,6-11)9(12)8-3-2-4-13-8/h2-4,7,9,12H,5-6,11H2,1H3/t7-,9+,10-/m1/s1. The molecule has 1 aliphatic carbocycles.